The Morgan fingerprint density at radius 1 is 1.47 bits per heavy atom. The molecule has 0 aliphatic carbocycles. The second-order valence-corrected chi connectivity index (χ2v) is 3.52. The molecule has 15 heavy (non-hydrogen) atoms. The number of rotatable bonds is 1. The predicted octanol–water partition coefficient (Wildman–Crippen LogP) is 2.55. The monoisotopic (exact) mass is 198 g/mol. The van der Waals surface area contributed by atoms with Crippen molar-refractivity contribution in [1.29, 1.82) is 5.26 Å². The Morgan fingerprint density at radius 2 is 2.20 bits per heavy atom. The van der Waals surface area contributed by atoms with Gasteiger partial charge in [0.1, 0.15) is 0 Å². The van der Waals surface area contributed by atoms with E-state index in [1.165, 1.54) is 6.92 Å². The fourth-order valence-corrected chi connectivity index (χ4v) is 1.91. The van der Waals surface area contributed by atoms with Crippen LogP contribution in [0, 0.1) is 18.3 Å². The molecule has 0 bridgehead atoms. The topological polar surface area (TPSA) is 56.6 Å². The second-order valence-electron chi connectivity index (χ2n) is 3.52. The zero-order chi connectivity index (χ0) is 11.0. The maximum absolute atomic E-state index is 11.5. The van der Waals surface area contributed by atoms with Crippen molar-refractivity contribution < 1.29 is 4.79 Å². The van der Waals surface area contributed by atoms with Gasteiger partial charge in [0.25, 0.3) is 0 Å². The minimum absolute atomic E-state index is 0.0125. The maximum atomic E-state index is 11.5. The first-order valence-corrected chi connectivity index (χ1v) is 4.67. The van der Waals surface area contributed by atoms with Gasteiger partial charge in [-0.15, -0.1) is 0 Å². The summed E-state index contributed by atoms with van der Waals surface area (Å²) in [5.74, 6) is -0.0125. The second kappa shape index (κ2) is 3.25. The first-order chi connectivity index (χ1) is 7.15. The number of aromatic amines is 1. The highest BCUT2D eigenvalue weighted by Gasteiger charge is 2.14. The zero-order valence-electron chi connectivity index (χ0n) is 8.59. The average molecular weight is 198 g/mol. The van der Waals surface area contributed by atoms with E-state index in [0.29, 0.717) is 11.1 Å². The van der Waals surface area contributed by atoms with Crippen LogP contribution in [0.15, 0.2) is 18.2 Å². The van der Waals surface area contributed by atoms with Gasteiger partial charge in [-0.3, -0.25) is 4.79 Å². The molecule has 0 radical (unpaired) electrons. The molecule has 74 valence electrons. The number of Topliss-reactive ketones (excluding diaryl/α,β-unsaturated/α-hetero) is 1. The van der Waals surface area contributed by atoms with Gasteiger partial charge in [0.05, 0.1) is 11.6 Å². The van der Waals surface area contributed by atoms with Crippen LogP contribution in [-0.2, 0) is 0 Å². The highest BCUT2D eigenvalue weighted by Crippen LogP contribution is 2.25. The highest BCUT2D eigenvalue weighted by molar-refractivity contribution is 6.09. The van der Waals surface area contributed by atoms with Gasteiger partial charge in [-0.2, -0.15) is 5.26 Å². The number of nitrogens with zero attached hydrogens (tertiary/aromatic N) is 1. The van der Waals surface area contributed by atoms with E-state index in [-0.39, 0.29) is 5.78 Å². The van der Waals surface area contributed by atoms with Crippen LogP contribution in [0.25, 0.3) is 10.9 Å². The summed E-state index contributed by atoms with van der Waals surface area (Å²) in [5.41, 5.74) is 2.83. The molecule has 3 nitrogen and oxygen atoms in total. The van der Waals surface area contributed by atoms with Crippen LogP contribution in [0.4, 0.5) is 0 Å². The Kier molecular flexibility index (Phi) is 2.05. The van der Waals surface area contributed by atoms with Crippen LogP contribution in [0.1, 0.15) is 28.5 Å². The number of ketones is 1. The van der Waals surface area contributed by atoms with E-state index in [9.17, 15) is 4.79 Å². The molecule has 0 unspecified atom stereocenters. The lowest BCUT2D eigenvalue weighted by molar-refractivity contribution is 0.101. The molecule has 1 heterocycles. The Bertz CT molecular complexity index is 587. The summed E-state index contributed by atoms with van der Waals surface area (Å²) >= 11 is 0. The van der Waals surface area contributed by atoms with Crippen molar-refractivity contribution in [1.82, 2.24) is 4.98 Å². The van der Waals surface area contributed by atoms with E-state index < -0.39 is 0 Å². The van der Waals surface area contributed by atoms with Crippen molar-refractivity contribution in [3.05, 3.63) is 35.0 Å². The van der Waals surface area contributed by atoms with Gasteiger partial charge >= 0.3 is 0 Å². The lowest BCUT2D eigenvalue weighted by Gasteiger charge is -1.96. The summed E-state index contributed by atoms with van der Waals surface area (Å²) in [6.07, 6.45) is 0. The maximum Gasteiger partial charge on any atom is 0.162 e. The molecule has 0 saturated heterocycles. The molecule has 0 amide bonds. The quantitative estimate of drug-likeness (QED) is 0.716. The van der Waals surface area contributed by atoms with E-state index in [1.54, 1.807) is 12.1 Å². The number of carbonyl (C=O) groups excluding carboxylic acids is 1. The number of benzene rings is 1. The lowest BCUT2D eigenvalue weighted by atomic mass is 10.0. The summed E-state index contributed by atoms with van der Waals surface area (Å²) in [7, 11) is 0. The first kappa shape index (κ1) is 9.47. The molecule has 3 heteroatoms. The Hall–Kier alpha value is -2.08. The van der Waals surface area contributed by atoms with Crippen molar-refractivity contribution in [2.75, 3.05) is 0 Å². The summed E-state index contributed by atoms with van der Waals surface area (Å²) in [4.78, 5) is 14.6. The molecule has 0 fully saturated rings. The third-order valence-electron chi connectivity index (χ3n) is 2.48. The minimum Gasteiger partial charge on any atom is -0.358 e. The number of aryl methyl sites for hydroxylation is 1. The molecule has 2 aromatic rings. The lowest BCUT2D eigenvalue weighted by Crippen LogP contribution is -1.94. The smallest absolute Gasteiger partial charge is 0.162 e. The summed E-state index contributed by atoms with van der Waals surface area (Å²) in [5, 5.41) is 9.72. The van der Waals surface area contributed by atoms with Crippen molar-refractivity contribution in [2.45, 2.75) is 13.8 Å². The molecule has 0 aliphatic rings. The largest absolute Gasteiger partial charge is 0.358 e. The number of hydrogen-bond acceptors (Lipinski definition) is 2. The predicted molar refractivity (Wildman–Crippen MR) is 57.8 cm³/mol. The van der Waals surface area contributed by atoms with E-state index in [4.69, 9.17) is 5.26 Å². The fraction of sp³-hybridized carbons (Fsp3) is 0.167. The Labute approximate surface area is 87.3 Å². The number of hydrogen-bond donors (Lipinski definition) is 1. The molecule has 0 saturated carbocycles. The average Bonchev–Trinajstić information content (AvgIpc) is 2.53. The summed E-state index contributed by atoms with van der Waals surface area (Å²) < 4.78 is 0. The molecule has 0 spiro atoms. The van der Waals surface area contributed by atoms with Gasteiger partial charge in [0, 0.05) is 22.2 Å². The van der Waals surface area contributed by atoms with Crippen LogP contribution >= 0.6 is 0 Å². The third kappa shape index (κ3) is 1.31. The van der Waals surface area contributed by atoms with E-state index in [0.717, 1.165) is 16.6 Å². The van der Waals surface area contributed by atoms with E-state index in [1.807, 2.05) is 13.0 Å². The Balaban J connectivity index is 2.97. The van der Waals surface area contributed by atoms with Gasteiger partial charge < -0.3 is 4.98 Å². The van der Waals surface area contributed by atoms with Gasteiger partial charge in [-0.05, 0) is 26.0 Å². The van der Waals surface area contributed by atoms with Crippen LogP contribution in [0.3, 0.4) is 0 Å². The normalized spacial score (nSPS) is 10.2. The van der Waals surface area contributed by atoms with Crippen molar-refractivity contribution in [2.24, 2.45) is 0 Å². The fourth-order valence-electron chi connectivity index (χ4n) is 1.91. The minimum atomic E-state index is -0.0125. The Morgan fingerprint density at radius 3 is 2.80 bits per heavy atom. The van der Waals surface area contributed by atoms with E-state index in [2.05, 4.69) is 11.1 Å². The van der Waals surface area contributed by atoms with Gasteiger partial charge in [-0.1, -0.05) is 6.07 Å². The van der Waals surface area contributed by atoms with Crippen molar-refractivity contribution >= 4 is 16.7 Å². The van der Waals surface area contributed by atoms with Gasteiger partial charge in [-0.25, -0.2) is 0 Å². The summed E-state index contributed by atoms with van der Waals surface area (Å²) in [6, 6.07) is 7.51. The van der Waals surface area contributed by atoms with E-state index >= 15 is 0 Å². The molecule has 1 aromatic heterocycles. The summed E-state index contributed by atoms with van der Waals surface area (Å²) in [6.45, 7) is 3.36. The molecular weight excluding hydrogens is 188 g/mol. The van der Waals surface area contributed by atoms with Crippen LogP contribution in [0.5, 0.6) is 0 Å². The number of aromatic nitrogens is 1. The van der Waals surface area contributed by atoms with Gasteiger partial charge in [0.15, 0.2) is 5.78 Å². The van der Waals surface area contributed by atoms with Gasteiger partial charge in [0.2, 0.25) is 0 Å². The molecule has 1 aromatic carbocycles. The molecule has 0 aliphatic heterocycles. The zero-order valence-corrected chi connectivity index (χ0v) is 8.59. The van der Waals surface area contributed by atoms with Crippen molar-refractivity contribution in [3.8, 4) is 6.07 Å². The molecular formula is C12H10N2O. The third-order valence-corrected chi connectivity index (χ3v) is 2.48. The van der Waals surface area contributed by atoms with Crippen LogP contribution in [0.2, 0.25) is 0 Å². The SMILES string of the molecule is CC(=O)c1c(C)[nH]c2cccc(C#N)c12. The van der Waals surface area contributed by atoms with Crippen LogP contribution in [-0.4, -0.2) is 10.8 Å². The number of nitrogens with one attached hydrogen (secondary N) is 1. The number of H-pyrrole nitrogens is 1. The number of fused-ring (bicyclic) bond motifs is 1. The highest BCUT2D eigenvalue weighted by atomic mass is 16.1. The molecule has 0 atom stereocenters. The van der Waals surface area contributed by atoms with Crippen LogP contribution < -0.4 is 0 Å². The standard InChI is InChI=1S/C12H10N2O/c1-7-11(8(2)15)12-9(6-13)4-3-5-10(12)14-7/h3-5,14H,1-2H3. The van der Waals surface area contributed by atoms with Crippen molar-refractivity contribution in [3.63, 3.8) is 0 Å². The molecule has 2 rings (SSSR count). The molecule has 1 N–H and O–H groups in total. The first-order valence-electron chi connectivity index (χ1n) is 4.67. The number of carbonyl (C=O) groups is 1. The number of nitriles is 1.